The SMILES string of the molecule is Cc1csc(CO)c1S(=O)(=O)Nc1cc(Cl)c(Cl)cc1Cl. The van der Waals surface area contributed by atoms with E-state index < -0.39 is 10.0 Å². The fourth-order valence-electron chi connectivity index (χ4n) is 1.75. The minimum atomic E-state index is -3.88. The van der Waals surface area contributed by atoms with Crippen molar-refractivity contribution in [2.45, 2.75) is 18.4 Å². The monoisotopic (exact) mass is 385 g/mol. The number of hydrogen-bond donors (Lipinski definition) is 2. The van der Waals surface area contributed by atoms with Crippen LogP contribution in [-0.2, 0) is 16.6 Å². The first-order chi connectivity index (χ1) is 9.76. The first kappa shape index (κ1) is 16.9. The molecule has 0 aliphatic carbocycles. The van der Waals surface area contributed by atoms with Crippen molar-refractivity contribution in [1.82, 2.24) is 0 Å². The Bertz CT molecular complexity index is 787. The van der Waals surface area contributed by atoms with E-state index >= 15 is 0 Å². The molecule has 0 unspecified atom stereocenters. The van der Waals surface area contributed by atoms with E-state index in [9.17, 15) is 13.5 Å². The molecule has 0 aliphatic heterocycles. The predicted molar refractivity (Wildman–Crippen MR) is 87.3 cm³/mol. The van der Waals surface area contributed by atoms with Gasteiger partial charge < -0.3 is 5.11 Å². The lowest BCUT2D eigenvalue weighted by molar-refractivity contribution is 0.282. The van der Waals surface area contributed by atoms with Crippen LogP contribution >= 0.6 is 46.1 Å². The predicted octanol–water partition coefficient (Wildman–Crippen LogP) is 4.31. The largest absolute Gasteiger partial charge is 0.391 e. The van der Waals surface area contributed by atoms with Crippen LogP contribution in [0.1, 0.15) is 10.4 Å². The van der Waals surface area contributed by atoms with Gasteiger partial charge in [-0.05, 0) is 30.0 Å². The number of anilines is 1. The number of aliphatic hydroxyl groups excluding tert-OH is 1. The van der Waals surface area contributed by atoms with Crippen molar-refractivity contribution in [3.63, 3.8) is 0 Å². The summed E-state index contributed by atoms with van der Waals surface area (Å²) in [4.78, 5) is 0.410. The molecule has 0 radical (unpaired) electrons. The fraction of sp³-hybridized carbons (Fsp3) is 0.167. The quantitative estimate of drug-likeness (QED) is 0.769. The zero-order chi connectivity index (χ0) is 15.8. The van der Waals surface area contributed by atoms with Crippen molar-refractivity contribution in [2.24, 2.45) is 0 Å². The number of aryl methyl sites for hydroxylation is 1. The maximum atomic E-state index is 12.5. The van der Waals surface area contributed by atoms with Gasteiger partial charge in [0.05, 0.1) is 32.2 Å². The van der Waals surface area contributed by atoms with Gasteiger partial charge >= 0.3 is 0 Å². The van der Waals surface area contributed by atoms with Gasteiger partial charge in [-0.3, -0.25) is 4.72 Å². The first-order valence-electron chi connectivity index (χ1n) is 5.61. The van der Waals surface area contributed by atoms with Gasteiger partial charge in [-0.2, -0.15) is 0 Å². The summed E-state index contributed by atoms with van der Waals surface area (Å²) in [5.41, 5.74) is 0.674. The number of benzene rings is 1. The molecule has 0 amide bonds. The highest BCUT2D eigenvalue weighted by molar-refractivity contribution is 7.93. The zero-order valence-electron chi connectivity index (χ0n) is 10.7. The van der Waals surface area contributed by atoms with Gasteiger partial charge in [0.15, 0.2) is 0 Å². The molecular weight excluding hydrogens is 377 g/mol. The van der Waals surface area contributed by atoms with Gasteiger partial charge in [-0.15, -0.1) is 11.3 Å². The maximum absolute atomic E-state index is 12.5. The molecule has 0 saturated carbocycles. The van der Waals surface area contributed by atoms with E-state index in [1.54, 1.807) is 12.3 Å². The van der Waals surface area contributed by atoms with Gasteiger partial charge in [0, 0.05) is 0 Å². The Morgan fingerprint density at radius 2 is 1.81 bits per heavy atom. The molecule has 0 aliphatic rings. The molecule has 1 heterocycles. The summed E-state index contributed by atoms with van der Waals surface area (Å²) in [7, 11) is -3.88. The second-order valence-corrected chi connectivity index (χ2v) is 7.99. The number of halogens is 3. The van der Waals surface area contributed by atoms with Crippen LogP contribution in [0.25, 0.3) is 0 Å². The van der Waals surface area contributed by atoms with Crippen LogP contribution in [0.4, 0.5) is 5.69 Å². The summed E-state index contributed by atoms with van der Waals surface area (Å²) in [5.74, 6) is 0. The average molecular weight is 387 g/mol. The molecule has 114 valence electrons. The van der Waals surface area contributed by atoms with Gasteiger partial charge in [-0.25, -0.2) is 8.42 Å². The minimum absolute atomic E-state index is 0.0529. The number of hydrogen-bond acceptors (Lipinski definition) is 4. The highest BCUT2D eigenvalue weighted by Gasteiger charge is 2.24. The summed E-state index contributed by atoms with van der Waals surface area (Å²) < 4.78 is 27.3. The van der Waals surface area contributed by atoms with E-state index in [0.717, 1.165) is 0 Å². The molecule has 0 atom stereocenters. The Hall–Kier alpha value is -0.500. The lowest BCUT2D eigenvalue weighted by Gasteiger charge is -2.12. The standard InChI is InChI=1S/C12H10Cl3NO3S2/c1-6-5-20-11(4-17)12(6)21(18,19)16-10-3-8(14)7(13)2-9(10)15/h2-3,5,16-17H,4H2,1H3. The smallest absolute Gasteiger partial charge is 0.263 e. The van der Waals surface area contributed by atoms with Crippen molar-refractivity contribution in [2.75, 3.05) is 4.72 Å². The van der Waals surface area contributed by atoms with Gasteiger partial charge in [0.2, 0.25) is 0 Å². The van der Waals surface area contributed by atoms with E-state index in [0.29, 0.717) is 10.4 Å². The lowest BCUT2D eigenvalue weighted by atomic mass is 10.3. The Labute approximate surface area is 141 Å². The molecule has 0 fully saturated rings. The van der Waals surface area contributed by atoms with Gasteiger partial charge in [0.1, 0.15) is 4.90 Å². The van der Waals surface area contributed by atoms with Crippen LogP contribution in [0, 0.1) is 6.92 Å². The number of aliphatic hydroxyl groups is 1. The summed E-state index contributed by atoms with van der Waals surface area (Å²) in [6.45, 7) is 1.30. The van der Waals surface area contributed by atoms with E-state index in [-0.39, 0.29) is 32.3 Å². The summed E-state index contributed by atoms with van der Waals surface area (Å²) in [6, 6.07) is 2.70. The third kappa shape index (κ3) is 3.47. The Kier molecular flexibility index (Phi) is 5.07. The number of nitrogens with one attached hydrogen (secondary N) is 1. The summed E-state index contributed by atoms with van der Waals surface area (Å²) in [5, 5.41) is 11.5. The third-order valence-electron chi connectivity index (χ3n) is 2.66. The third-order valence-corrected chi connectivity index (χ3v) is 6.50. The normalized spacial score (nSPS) is 11.7. The van der Waals surface area contributed by atoms with Gasteiger partial charge in [-0.1, -0.05) is 34.8 Å². The molecule has 0 spiro atoms. The first-order valence-corrected chi connectivity index (χ1v) is 9.11. The maximum Gasteiger partial charge on any atom is 0.263 e. The second-order valence-electron chi connectivity index (χ2n) is 4.18. The minimum Gasteiger partial charge on any atom is -0.391 e. The number of thiophene rings is 1. The van der Waals surface area contributed by atoms with Crippen molar-refractivity contribution in [3.8, 4) is 0 Å². The molecule has 2 N–H and O–H groups in total. The van der Waals surface area contributed by atoms with Crippen molar-refractivity contribution in [3.05, 3.63) is 43.0 Å². The number of rotatable bonds is 4. The number of sulfonamides is 1. The molecule has 2 rings (SSSR count). The Balaban J connectivity index is 2.47. The van der Waals surface area contributed by atoms with E-state index in [1.165, 1.54) is 23.5 Å². The van der Waals surface area contributed by atoms with E-state index in [1.807, 2.05) is 0 Å². The van der Waals surface area contributed by atoms with Gasteiger partial charge in [0.25, 0.3) is 10.0 Å². The van der Waals surface area contributed by atoms with Crippen molar-refractivity contribution >= 4 is 61.9 Å². The van der Waals surface area contributed by atoms with Crippen LogP contribution in [-0.4, -0.2) is 13.5 Å². The molecule has 0 bridgehead atoms. The topological polar surface area (TPSA) is 66.4 Å². The highest BCUT2D eigenvalue weighted by Crippen LogP contribution is 2.35. The molecule has 9 heteroatoms. The fourth-order valence-corrected chi connectivity index (χ4v) is 5.14. The van der Waals surface area contributed by atoms with Crippen molar-refractivity contribution < 1.29 is 13.5 Å². The molecular formula is C12H10Cl3NO3S2. The molecule has 21 heavy (non-hydrogen) atoms. The molecule has 0 saturated heterocycles. The second kappa shape index (κ2) is 6.32. The Morgan fingerprint density at radius 1 is 1.19 bits per heavy atom. The average Bonchev–Trinajstić information content (AvgIpc) is 2.77. The molecule has 1 aromatic carbocycles. The summed E-state index contributed by atoms with van der Waals surface area (Å²) >= 11 is 18.8. The van der Waals surface area contributed by atoms with Crippen LogP contribution in [0.5, 0.6) is 0 Å². The molecule has 4 nitrogen and oxygen atoms in total. The van der Waals surface area contributed by atoms with E-state index in [4.69, 9.17) is 34.8 Å². The van der Waals surface area contributed by atoms with Crippen LogP contribution in [0.2, 0.25) is 15.1 Å². The highest BCUT2D eigenvalue weighted by atomic mass is 35.5. The molecule has 2 aromatic rings. The Morgan fingerprint density at radius 3 is 2.43 bits per heavy atom. The van der Waals surface area contributed by atoms with Crippen LogP contribution < -0.4 is 4.72 Å². The van der Waals surface area contributed by atoms with Crippen LogP contribution in [0.15, 0.2) is 22.4 Å². The van der Waals surface area contributed by atoms with E-state index in [2.05, 4.69) is 4.72 Å². The molecule has 1 aromatic heterocycles. The zero-order valence-corrected chi connectivity index (χ0v) is 14.6. The summed E-state index contributed by atoms with van der Waals surface area (Å²) in [6.07, 6.45) is 0. The lowest BCUT2D eigenvalue weighted by Crippen LogP contribution is -2.15. The van der Waals surface area contributed by atoms with Crippen molar-refractivity contribution in [1.29, 1.82) is 0 Å². The van der Waals surface area contributed by atoms with Crippen LogP contribution in [0.3, 0.4) is 0 Å².